The maximum Gasteiger partial charge on any atom is 0.342 e. The van der Waals surface area contributed by atoms with Crippen molar-refractivity contribution in [2.45, 2.75) is 45.8 Å². The number of halogens is 1. The van der Waals surface area contributed by atoms with Crippen LogP contribution in [0.4, 0.5) is 0 Å². The molecule has 1 rings (SSSR count). The lowest BCUT2D eigenvalue weighted by Gasteiger charge is -2.36. The Balaban J connectivity index is 3.41. The van der Waals surface area contributed by atoms with Crippen LogP contribution in [0.1, 0.15) is 36.7 Å². The molecule has 0 aliphatic rings. The Hall–Kier alpha value is -1.27. The first-order valence-electron chi connectivity index (χ1n) is 6.58. The van der Waals surface area contributed by atoms with Gasteiger partial charge in [-0.3, -0.25) is 0 Å². The van der Waals surface area contributed by atoms with E-state index in [1.807, 2.05) is 0 Å². The van der Waals surface area contributed by atoms with Crippen molar-refractivity contribution in [3.8, 4) is 11.6 Å². The molecule has 21 heavy (non-hydrogen) atoms. The van der Waals surface area contributed by atoms with Gasteiger partial charge in [0.15, 0.2) is 5.15 Å². The smallest absolute Gasteiger partial charge is 0.342 e. The topological polar surface area (TPSA) is 68.7 Å². The van der Waals surface area contributed by atoms with Crippen molar-refractivity contribution >= 4 is 25.9 Å². The van der Waals surface area contributed by atoms with Crippen LogP contribution in [-0.2, 0) is 0 Å². The number of rotatable bonds is 4. The van der Waals surface area contributed by atoms with E-state index in [0.717, 1.165) is 0 Å². The van der Waals surface area contributed by atoms with Crippen molar-refractivity contribution in [3.63, 3.8) is 0 Å². The van der Waals surface area contributed by atoms with Crippen LogP contribution in [0.15, 0.2) is 0 Å². The molecule has 1 aromatic heterocycles. The second-order valence-corrected chi connectivity index (χ2v) is 11.5. The number of nitrogens with zero attached hydrogens (tertiary/aromatic N) is 1. The fraction of sp³-hybridized carbons (Fsp3) is 0.571. The van der Waals surface area contributed by atoms with Gasteiger partial charge in [0.25, 0.3) is 8.32 Å². The summed E-state index contributed by atoms with van der Waals surface area (Å²) in [6.07, 6.45) is 0. The zero-order chi connectivity index (χ0) is 16.6. The number of hydrogen-bond donors (Lipinski definition) is 1. The number of aromatic carboxylic acids is 1. The molecule has 7 heteroatoms. The minimum absolute atomic E-state index is 0.00764. The molecular weight excluding hydrogens is 310 g/mol. The van der Waals surface area contributed by atoms with Gasteiger partial charge in [0.05, 0.1) is 12.7 Å². The highest BCUT2D eigenvalue weighted by molar-refractivity contribution is 6.74. The van der Waals surface area contributed by atoms with Crippen molar-refractivity contribution in [2.24, 2.45) is 0 Å². The summed E-state index contributed by atoms with van der Waals surface area (Å²) in [5.74, 6) is -0.643. The van der Waals surface area contributed by atoms with E-state index >= 15 is 0 Å². The molecule has 1 aromatic rings. The number of carboxylic acid groups (broad SMARTS) is 1. The van der Waals surface area contributed by atoms with Gasteiger partial charge in [0, 0.05) is 0 Å². The van der Waals surface area contributed by atoms with E-state index < -0.39 is 14.3 Å². The van der Waals surface area contributed by atoms with Crippen LogP contribution in [0, 0.1) is 6.92 Å². The molecule has 0 spiro atoms. The third-order valence-electron chi connectivity index (χ3n) is 3.87. The number of carbonyl (C=O) groups is 1. The standard InChI is InChI=1S/C14H22ClNO4Si/c1-8-10(19-5)9(13(17)18)11(15)16-12(8)20-21(6,7)14(2,3)4/h1-7H3,(H,17,18). The molecule has 0 aromatic carbocycles. The highest BCUT2D eigenvalue weighted by Crippen LogP contribution is 2.40. The van der Waals surface area contributed by atoms with E-state index in [2.05, 4.69) is 38.8 Å². The fourth-order valence-electron chi connectivity index (χ4n) is 1.54. The van der Waals surface area contributed by atoms with Gasteiger partial charge in [0.1, 0.15) is 11.3 Å². The third kappa shape index (κ3) is 3.49. The first-order chi connectivity index (χ1) is 9.42. The van der Waals surface area contributed by atoms with Crippen LogP contribution in [0.2, 0.25) is 23.3 Å². The van der Waals surface area contributed by atoms with E-state index in [-0.39, 0.29) is 21.5 Å². The van der Waals surface area contributed by atoms with Gasteiger partial charge in [-0.2, -0.15) is 0 Å². The zero-order valence-corrected chi connectivity index (χ0v) is 15.3. The number of carboxylic acids is 1. The Morgan fingerprint density at radius 2 is 1.86 bits per heavy atom. The van der Waals surface area contributed by atoms with E-state index in [1.165, 1.54) is 7.11 Å². The lowest BCUT2D eigenvalue weighted by atomic mass is 10.2. The number of aromatic nitrogens is 1. The Morgan fingerprint density at radius 3 is 2.24 bits per heavy atom. The molecule has 0 aliphatic heterocycles. The van der Waals surface area contributed by atoms with E-state index in [0.29, 0.717) is 11.4 Å². The average Bonchev–Trinajstić information content (AvgIpc) is 2.30. The monoisotopic (exact) mass is 331 g/mol. The van der Waals surface area contributed by atoms with Crippen molar-refractivity contribution < 1.29 is 19.1 Å². The molecule has 0 bridgehead atoms. The Morgan fingerprint density at radius 1 is 1.33 bits per heavy atom. The van der Waals surface area contributed by atoms with Gasteiger partial charge < -0.3 is 14.3 Å². The number of methoxy groups -OCH3 is 1. The first-order valence-corrected chi connectivity index (χ1v) is 9.87. The van der Waals surface area contributed by atoms with Crippen LogP contribution < -0.4 is 9.16 Å². The molecule has 0 saturated heterocycles. The van der Waals surface area contributed by atoms with Crippen LogP contribution in [0.3, 0.4) is 0 Å². The predicted molar refractivity (Wildman–Crippen MR) is 85.3 cm³/mol. The van der Waals surface area contributed by atoms with Gasteiger partial charge in [-0.25, -0.2) is 9.78 Å². The van der Waals surface area contributed by atoms with Crippen LogP contribution in [-0.4, -0.2) is 31.5 Å². The van der Waals surface area contributed by atoms with Crippen molar-refractivity contribution in [1.29, 1.82) is 0 Å². The highest BCUT2D eigenvalue weighted by atomic mass is 35.5. The van der Waals surface area contributed by atoms with Gasteiger partial charge in [-0.1, -0.05) is 32.4 Å². The maximum absolute atomic E-state index is 11.3. The SMILES string of the molecule is COc1c(C)c(O[Si](C)(C)C(C)(C)C)nc(Cl)c1C(=O)O. The molecule has 0 fully saturated rings. The average molecular weight is 332 g/mol. The van der Waals surface area contributed by atoms with Gasteiger partial charge in [-0.15, -0.1) is 0 Å². The summed E-state index contributed by atoms with van der Waals surface area (Å²) in [5, 5.41) is 9.08. The number of hydrogen-bond acceptors (Lipinski definition) is 4. The van der Waals surface area contributed by atoms with Crippen LogP contribution in [0.25, 0.3) is 0 Å². The second kappa shape index (κ2) is 5.85. The summed E-state index contributed by atoms with van der Waals surface area (Å²) >= 11 is 5.99. The molecule has 0 aliphatic carbocycles. The maximum atomic E-state index is 11.3. The normalized spacial score (nSPS) is 12.2. The molecule has 0 amide bonds. The molecule has 1 heterocycles. The Bertz CT molecular complexity index is 567. The van der Waals surface area contributed by atoms with E-state index in [4.69, 9.17) is 20.8 Å². The first kappa shape index (κ1) is 17.8. The Kier molecular flexibility index (Phi) is 4.95. The minimum Gasteiger partial charge on any atom is -0.530 e. The van der Waals surface area contributed by atoms with Crippen molar-refractivity contribution in [3.05, 3.63) is 16.3 Å². The summed E-state index contributed by atoms with van der Waals surface area (Å²) < 4.78 is 11.3. The summed E-state index contributed by atoms with van der Waals surface area (Å²) in [5.41, 5.74) is 0.406. The van der Waals surface area contributed by atoms with E-state index in [1.54, 1.807) is 6.92 Å². The zero-order valence-electron chi connectivity index (χ0n) is 13.5. The Labute approximate surface area is 131 Å². The fourth-order valence-corrected chi connectivity index (χ4v) is 2.77. The van der Waals surface area contributed by atoms with Crippen molar-refractivity contribution in [1.82, 2.24) is 4.98 Å². The quantitative estimate of drug-likeness (QED) is 0.663. The van der Waals surface area contributed by atoms with Gasteiger partial charge >= 0.3 is 5.97 Å². The lowest BCUT2D eigenvalue weighted by Crippen LogP contribution is -2.44. The lowest BCUT2D eigenvalue weighted by molar-refractivity contribution is 0.0693. The second-order valence-electron chi connectivity index (χ2n) is 6.41. The van der Waals surface area contributed by atoms with Crippen LogP contribution in [0.5, 0.6) is 11.6 Å². The molecule has 5 nitrogen and oxygen atoms in total. The van der Waals surface area contributed by atoms with E-state index in [9.17, 15) is 9.90 Å². The molecule has 118 valence electrons. The van der Waals surface area contributed by atoms with Gasteiger partial charge in [-0.05, 0) is 25.1 Å². The predicted octanol–water partition coefficient (Wildman–Crippen LogP) is 4.13. The molecule has 0 saturated carbocycles. The molecule has 1 N–H and O–H groups in total. The van der Waals surface area contributed by atoms with Crippen molar-refractivity contribution in [2.75, 3.05) is 7.11 Å². The summed E-state index contributed by atoms with van der Waals surface area (Å²) in [6, 6.07) is 0. The highest BCUT2D eigenvalue weighted by Gasteiger charge is 2.40. The molecular formula is C14H22ClNO4Si. The largest absolute Gasteiger partial charge is 0.530 e. The number of pyridine rings is 1. The summed E-state index contributed by atoms with van der Waals surface area (Å²) in [7, 11) is -0.700. The molecule has 0 atom stereocenters. The summed E-state index contributed by atoms with van der Waals surface area (Å²) in [4.78, 5) is 15.4. The summed E-state index contributed by atoms with van der Waals surface area (Å²) in [6.45, 7) is 12.2. The third-order valence-corrected chi connectivity index (χ3v) is 8.46. The molecule has 0 unspecified atom stereocenters. The van der Waals surface area contributed by atoms with Crippen LogP contribution >= 0.6 is 11.6 Å². The molecule has 0 radical (unpaired) electrons. The minimum atomic E-state index is -2.10. The number of ether oxygens (including phenoxy) is 1. The van der Waals surface area contributed by atoms with Gasteiger partial charge in [0.2, 0.25) is 5.88 Å².